The first-order valence-corrected chi connectivity index (χ1v) is 13.3. The van der Waals surface area contributed by atoms with Gasteiger partial charge in [0.25, 0.3) is 0 Å². The molecule has 0 fully saturated rings. The predicted molar refractivity (Wildman–Crippen MR) is 151 cm³/mol. The molecule has 0 N–H and O–H groups in total. The third kappa shape index (κ3) is 2.95. The highest BCUT2D eigenvalue weighted by Crippen LogP contribution is 2.56. The van der Waals surface area contributed by atoms with E-state index in [1.54, 1.807) is 0 Å². The minimum atomic E-state index is 0.285. The topological polar surface area (TPSA) is 3.88 Å². The van der Waals surface area contributed by atoms with E-state index in [9.17, 15) is 0 Å². The molecule has 1 nitrogen and oxygen atoms in total. The molecule has 37 heavy (non-hydrogen) atoms. The molecule has 0 saturated carbocycles. The fourth-order valence-corrected chi connectivity index (χ4v) is 7.05. The minimum absolute atomic E-state index is 0.285. The first-order valence-electron chi connectivity index (χ1n) is 13.3. The number of hydrogen-bond acceptors (Lipinski definition) is 0. The zero-order chi connectivity index (χ0) is 24.7. The molecule has 176 valence electrons. The number of hydrogen-bond donors (Lipinski definition) is 0. The molecular weight excluding hydrogens is 446 g/mol. The summed E-state index contributed by atoms with van der Waals surface area (Å²) >= 11 is 0. The summed E-state index contributed by atoms with van der Waals surface area (Å²) < 4.78 is 2.27. The van der Waals surface area contributed by atoms with Crippen LogP contribution in [0.3, 0.4) is 0 Å². The normalized spacial score (nSPS) is 17.8. The molecule has 4 aliphatic carbocycles. The molecule has 9 rings (SSSR count). The maximum atomic E-state index is 2.51. The van der Waals surface area contributed by atoms with E-state index in [0.29, 0.717) is 5.92 Å². The van der Waals surface area contributed by atoms with Gasteiger partial charge in [-0.3, -0.25) is 0 Å². The molecule has 1 heteroatoms. The van der Waals surface area contributed by atoms with E-state index in [1.807, 2.05) is 0 Å². The highest BCUT2D eigenvalue weighted by molar-refractivity contribution is 5.75. The van der Waals surface area contributed by atoms with Crippen molar-refractivity contribution in [3.05, 3.63) is 147 Å². The molecule has 2 atom stereocenters. The average Bonchev–Trinajstić information content (AvgIpc) is 3.39. The summed E-state index contributed by atoms with van der Waals surface area (Å²) in [4.78, 5) is 0. The highest BCUT2D eigenvalue weighted by atomic mass is 14.9. The number of aryl methyl sites for hydroxylation is 2. The second-order valence-electron chi connectivity index (χ2n) is 10.8. The van der Waals surface area contributed by atoms with Crippen LogP contribution in [-0.4, -0.2) is 0 Å². The molecule has 0 spiro atoms. The molecule has 0 saturated heterocycles. The summed E-state index contributed by atoms with van der Waals surface area (Å²) in [7, 11) is 2.16. The predicted octanol–water partition coefficient (Wildman–Crippen LogP) is 6.11. The van der Waals surface area contributed by atoms with Gasteiger partial charge in [0.15, 0.2) is 6.20 Å². The summed E-state index contributed by atoms with van der Waals surface area (Å²) in [6.45, 7) is 2.28. The monoisotopic (exact) mass is 474 g/mol. The van der Waals surface area contributed by atoms with Crippen LogP contribution in [0.15, 0.2) is 97.2 Å². The maximum Gasteiger partial charge on any atom is 0.213 e. The van der Waals surface area contributed by atoms with Crippen molar-refractivity contribution in [1.82, 2.24) is 0 Å². The van der Waals surface area contributed by atoms with Crippen molar-refractivity contribution in [3.8, 4) is 22.4 Å². The number of fused-ring (bicyclic) bond motifs is 1. The van der Waals surface area contributed by atoms with Crippen molar-refractivity contribution in [2.45, 2.75) is 25.2 Å². The van der Waals surface area contributed by atoms with Crippen LogP contribution < -0.4 is 15.0 Å². The first kappa shape index (κ1) is 20.9. The Balaban J connectivity index is 1.37. The fourth-order valence-electron chi connectivity index (χ4n) is 7.05. The van der Waals surface area contributed by atoms with E-state index in [0.717, 1.165) is 6.42 Å². The van der Waals surface area contributed by atoms with Crippen molar-refractivity contribution in [2.75, 3.05) is 0 Å². The van der Waals surface area contributed by atoms with Crippen LogP contribution >= 0.6 is 0 Å². The molecular formula is C36H28N+. The maximum absolute atomic E-state index is 2.51. The SMILES string of the molecule is Cc1cc2c(cc1-c1cc(-c3ccccc3)cc[n+]1C)C1c3ccccc3C2c2cc3c(cc21)=CCC=3. The third-order valence-electron chi connectivity index (χ3n) is 8.79. The molecule has 2 unspecified atom stereocenters. The van der Waals surface area contributed by atoms with Gasteiger partial charge in [-0.25, -0.2) is 4.57 Å². The Kier molecular flexibility index (Phi) is 4.31. The molecule has 0 amide bonds. The van der Waals surface area contributed by atoms with Crippen LogP contribution in [0.4, 0.5) is 0 Å². The smallest absolute Gasteiger partial charge is 0.201 e. The van der Waals surface area contributed by atoms with Gasteiger partial charge >= 0.3 is 0 Å². The van der Waals surface area contributed by atoms with Gasteiger partial charge in [-0.2, -0.15) is 0 Å². The molecule has 1 heterocycles. The Hall–Kier alpha value is -4.23. The molecule has 5 aromatic rings. The van der Waals surface area contributed by atoms with Crippen molar-refractivity contribution >= 4 is 12.2 Å². The summed E-state index contributed by atoms with van der Waals surface area (Å²) in [5, 5.41) is 2.81. The van der Waals surface area contributed by atoms with Crippen molar-refractivity contribution in [3.63, 3.8) is 0 Å². The number of aromatic nitrogens is 1. The Morgan fingerprint density at radius 3 is 1.86 bits per heavy atom. The lowest BCUT2D eigenvalue weighted by molar-refractivity contribution is -0.660. The average molecular weight is 475 g/mol. The Bertz CT molecular complexity index is 1880. The Morgan fingerprint density at radius 1 is 0.595 bits per heavy atom. The van der Waals surface area contributed by atoms with Crippen LogP contribution in [0.1, 0.15) is 57.2 Å². The largest absolute Gasteiger partial charge is 0.213 e. The van der Waals surface area contributed by atoms with E-state index >= 15 is 0 Å². The lowest BCUT2D eigenvalue weighted by Crippen LogP contribution is -2.34. The van der Waals surface area contributed by atoms with Crippen molar-refractivity contribution in [2.24, 2.45) is 7.05 Å². The fraction of sp³-hybridized carbons (Fsp3) is 0.139. The lowest BCUT2D eigenvalue weighted by Gasteiger charge is -2.42. The van der Waals surface area contributed by atoms with Gasteiger partial charge in [0.2, 0.25) is 5.69 Å². The van der Waals surface area contributed by atoms with Crippen molar-refractivity contribution in [1.29, 1.82) is 0 Å². The van der Waals surface area contributed by atoms with E-state index in [4.69, 9.17) is 0 Å². The zero-order valence-electron chi connectivity index (χ0n) is 21.2. The van der Waals surface area contributed by atoms with Crippen LogP contribution in [0.25, 0.3) is 34.5 Å². The Labute approximate surface area is 217 Å². The molecule has 0 radical (unpaired) electrons. The number of benzene rings is 4. The van der Waals surface area contributed by atoms with Crippen LogP contribution in [0.2, 0.25) is 0 Å². The highest BCUT2D eigenvalue weighted by Gasteiger charge is 2.42. The number of pyridine rings is 1. The molecule has 2 bridgehead atoms. The van der Waals surface area contributed by atoms with Gasteiger partial charge in [-0.15, -0.1) is 0 Å². The van der Waals surface area contributed by atoms with E-state index in [2.05, 4.69) is 128 Å². The van der Waals surface area contributed by atoms with Crippen molar-refractivity contribution < 1.29 is 4.57 Å². The lowest BCUT2D eigenvalue weighted by atomic mass is 9.60. The van der Waals surface area contributed by atoms with Gasteiger partial charge in [0, 0.05) is 29.5 Å². The van der Waals surface area contributed by atoms with Crippen LogP contribution in [0, 0.1) is 6.92 Å². The van der Waals surface area contributed by atoms with Gasteiger partial charge in [0.1, 0.15) is 7.05 Å². The Morgan fingerprint density at radius 2 is 1.19 bits per heavy atom. The summed E-state index contributed by atoms with van der Waals surface area (Å²) in [5.41, 5.74) is 15.4. The summed E-state index contributed by atoms with van der Waals surface area (Å²) in [6.07, 6.45) is 7.99. The third-order valence-corrected chi connectivity index (χ3v) is 8.79. The van der Waals surface area contributed by atoms with E-state index < -0.39 is 0 Å². The summed E-state index contributed by atoms with van der Waals surface area (Å²) in [6, 6.07) is 34.4. The quantitative estimate of drug-likeness (QED) is 0.266. The standard InChI is InChI=1S/C36H28N/c1-22-17-30-33(21-29(22)34-20-26(15-16-37(34)2)23-9-4-3-5-10-23)36-28-14-7-6-13-27(28)35(30)31-18-24-11-8-12-25(24)19-32(31)36/h3-7,9-21,35-36H,8H2,1-2H3/q+1. The van der Waals surface area contributed by atoms with Gasteiger partial charge in [-0.1, -0.05) is 84.9 Å². The van der Waals surface area contributed by atoms with Gasteiger partial charge in [-0.05, 0) is 79.9 Å². The van der Waals surface area contributed by atoms with E-state index in [-0.39, 0.29) is 5.92 Å². The summed E-state index contributed by atoms with van der Waals surface area (Å²) in [5.74, 6) is 0.593. The molecule has 4 aliphatic rings. The minimum Gasteiger partial charge on any atom is -0.201 e. The molecule has 0 aliphatic heterocycles. The van der Waals surface area contributed by atoms with Crippen LogP contribution in [0.5, 0.6) is 0 Å². The number of rotatable bonds is 2. The second-order valence-corrected chi connectivity index (χ2v) is 10.8. The van der Waals surface area contributed by atoms with Crippen LogP contribution in [-0.2, 0) is 7.05 Å². The van der Waals surface area contributed by atoms with Gasteiger partial charge in [0.05, 0.1) is 0 Å². The van der Waals surface area contributed by atoms with Gasteiger partial charge < -0.3 is 0 Å². The molecule has 1 aromatic heterocycles. The molecule has 4 aromatic carbocycles. The number of nitrogens with zero attached hydrogens (tertiary/aromatic N) is 1. The van der Waals surface area contributed by atoms with E-state index in [1.165, 1.54) is 71.8 Å². The second kappa shape index (κ2) is 7.63. The first-order chi connectivity index (χ1) is 18.2. The zero-order valence-corrected chi connectivity index (χ0v) is 21.2.